The fourth-order valence-electron chi connectivity index (χ4n) is 2.03. The predicted octanol–water partition coefficient (Wildman–Crippen LogP) is 1.66. The molecule has 96 valence electrons. The van der Waals surface area contributed by atoms with Crippen molar-refractivity contribution >= 4 is 11.9 Å². The molecule has 2 rings (SSSR count). The Morgan fingerprint density at radius 2 is 1.72 bits per heavy atom. The van der Waals surface area contributed by atoms with Gasteiger partial charge in [-0.1, -0.05) is 6.42 Å². The molecule has 1 N–H and O–H groups in total. The van der Waals surface area contributed by atoms with Gasteiger partial charge in [0.25, 0.3) is 0 Å². The Labute approximate surface area is 104 Å². The minimum atomic E-state index is -1.28. The summed E-state index contributed by atoms with van der Waals surface area (Å²) in [7, 11) is 0. The van der Waals surface area contributed by atoms with Gasteiger partial charge in [0.1, 0.15) is 6.10 Å². The fourth-order valence-corrected chi connectivity index (χ4v) is 2.03. The number of carboxylic acid groups (broad SMARTS) is 1. The highest BCUT2D eigenvalue weighted by molar-refractivity contribution is 5.99. The molecule has 6 heteroatoms. The third-order valence-electron chi connectivity index (χ3n) is 2.92. The molecule has 0 unspecified atom stereocenters. The Balaban J connectivity index is 2.10. The Hall–Kier alpha value is -1.98. The zero-order valence-corrected chi connectivity index (χ0v) is 9.83. The molecule has 1 fully saturated rings. The summed E-state index contributed by atoms with van der Waals surface area (Å²) in [5.74, 6) is -1.98. The molecule has 1 aliphatic carbocycles. The highest BCUT2D eigenvalue weighted by Crippen LogP contribution is 2.21. The summed E-state index contributed by atoms with van der Waals surface area (Å²) < 4.78 is 5.26. The van der Waals surface area contributed by atoms with Crippen molar-refractivity contribution in [3.63, 3.8) is 0 Å². The number of nitrogens with zero attached hydrogens (tertiary/aromatic N) is 2. The number of carbonyl (C=O) groups is 2. The van der Waals surface area contributed by atoms with Crippen LogP contribution in [0.25, 0.3) is 0 Å². The van der Waals surface area contributed by atoms with Gasteiger partial charge in [-0.25, -0.2) is 19.6 Å². The molecule has 1 aliphatic rings. The molecule has 0 bridgehead atoms. The Kier molecular flexibility index (Phi) is 3.86. The van der Waals surface area contributed by atoms with Crippen molar-refractivity contribution in [2.24, 2.45) is 0 Å². The van der Waals surface area contributed by atoms with Crippen molar-refractivity contribution in [2.45, 2.75) is 38.2 Å². The molecule has 0 amide bonds. The smallest absolute Gasteiger partial charge is 0.359 e. The monoisotopic (exact) mass is 250 g/mol. The maximum atomic E-state index is 11.9. The predicted molar refractivity (Wildman–Crippen MR) is 61.3 cm³/mol. The molecule has 0 atom stereocenters. The number of esters is 1. The zero-order chi connectivity index (χ0) is 13.0. The van der Waals surface area contributed by atoms with Crippen LogP contribution in [-0.4, -0.2) is 33.1 Å². The van der Waals surface area contributed by atoms with Crippen LogP contribution in [0.2, 0.25) is 0 Å². The molecule has 1 heterocycles. The molecular formula is C12H14N2O4. The fraction of sp³-hybridized carbons (Fsp3) is 0.500. The number of ether oxygens (including phenoxy) is 1. The van der Waals surface area contributed by atoms with Gasteiger partial charge in [0.15, 0.2) is 11.4 Å². The first-order valence-corrected chi connectivity index (χ1v) is 5.94. The van der Waals surface area contributed by atoms with Gasteiger partial charge in [0.2, 0.25) is 0 Å². The van der Waals surface area contributed by atoms with E-state index in [2.05, 4.69) is 9.97 Å². The van der Waals surface area contributed by atoms with E-state index in [9.17, 15) is 9.59 Å². The highest BCUT2D eigenvalue weighted by Gasteiger charge is 2.24. The van der Waals surface area contributed by atoms with Gasteiger partial charge in [0, 0.05) is 12.4 Å². The van der Waals surface area contributed by atoms with Crippen LogP contribution in [0.1, 0.15) is 53.1 Å². The Morgan fingerprint density at radius 1 is 1.11 bits per heavy atom. The van der Waals surface area contributed by atoms with Crippen molar-refractivity contribution in [3.8, 4) is 0 Å². The van der Waals surface area contributed by atoms with E-state index in [1.165, 1.54) is 12.4 Å². The Bertz CT molecular complexity index is 455. The van der Waals surface area contributed by atoms with Crippen LogP contribution in [-0.2, 0) is 4.74 Å². The average molecular weight is 250 g/mol. The van der Waals surface area contributed by atoms with Crippen LogP contribution in [0.15, 0.2) is 12.4 Å². The van der Waals surface area contributed by atoms with E-state index in [4.69, 9.17) is 9.84 Å². The summed E-state index contributed by atoms with van der Waals surface area (Å²) in [4.78, 5) is 30.1. The SMILES string of the molecule is O=C(O)c1nccnc1C(=O)OC1CCCCC1. The van der Waals surface area contributed by atoms with E-state index in [0.29, 0.717) is 0 Å². The van der Waals surface area contributed by atoms with Crippen LogP contribution in [0.5, 0.6) is 0 Å². The minimum Gasteiger partial charge on any atom is -0.476 e. The summed E-state index contributed by atoms with van der Waals surface area (Å²) >= 11 is 0. The lowest BCUT2D eigenvalue weighted by atomic mass is 9.98. The zero-order valence-electron chi connectivity index (χ0n) is 9.83. The first-order valence-electron chi connectivity index (χ1n) is 5.94. The van der Waals surface area contributed by atoms with E-state index < -0.39 is 11.9 Å². The first kappa shape index (κ1) is 12.5. The summed E-state index contributed by atoms with van der Waals surface area (Å²) in [6.07, 6.45) is 7.26. The molecule has 1 saturated carbocycles. The van der Waals surface area contributed by atoms with Crippen molar-refractivity contribution in [1.82, 2.24) is 9.97 Å². The molecule has 0 saturated heterocycles. The van der Waals surface area contributed by atoms with Gasteiger partial charge >= 0.3 is 11.9 Å². The number of rotatable bonds is 3. The third kappa shape index (κ3) is 2.82. The third-order valence-corrected chi connectivity index (χ3v) is 2.92. The standard InChI is InChI=1S/C12H14N2O4/c15-11(16)9-10(14-7-6-13-9)12(17)18-8-4-2-1-3-5-8/h6-8H,1-5H2,(H,15,16). The van der Waals surface area contributed by atoms with Gasteiger partial charge in [-0.15, -0.1) is 0 Å². The molecule has 0 aromatic carbocycles. The van der Waals surface area contributed by atoms with E-state index in [0.717, 1.165) is 32.1 Å². The van der Waals surface area contributed by atoms with Crippen molar-refractivity contribution in [1.29, 1.82) is 0 Å². The second-order valence-corrected chi connectivity index (χ2v) is 4.22. The summed E-state index contributed by atoms with van der Waals surface area (Å²) in [6.45, 7) is 0. The average Bonchev–Trinajstić information content (AvgIpc) is 2.40. The molecule has 6 nitrogen and oxygen atoms in total. The quantitative estimate of drug-likeness (QED) is 0.820. The lowest BCUT2D eigenvalue weighted by molar-refractivity contribution is 0.0199. The lowest BCUT2D eigenvalue weighted by Gasteiger charge is -2.21. The lowest BCUT2D eigenvalue weighted by Crippen LogP contribution is -2.23. The number of hydrogen-bond acceptors (Lipinski definition) is 5. The van der Waals surface area contributed by atoms with Crippen LogP contribution < -0.4 is 0 Å². The topological polar surface area (TPSA) is 89.4 Å². The minimum absolute atomic E-state index is 0.130. The molecular weight excluding hydrogens is 236 g/mol. The summed E-state index contributed by atoms with van der Waals surface area (Å²) in [6, 6.07) is 0. The number of aromatic nitrogens is 2. The van der Waals surface area contributed by atoms with Crippen LogP contribution in [0, 0.1) is 0 Å². The molecule has 0 spiro atoms. The van der Waals surface area contributed by atoms with Gasteiger partial charge < -0.3 is 9.84 Å². The van der Waals surface area contributed by atoms with Crippen molar-refractivity contribution in [3.05, 3.63) is 23.8 Å². The van der Waals surface area contributed by atoms with E-state index >= 15 is 0 Å². The van der Waals surface area contributed by atoms with Gasteiger partial charge in [0.05, 0.1) is 0 Å². The van der Waals surface area contributed by atoms with Crippen LogP contribution in [0.4, 0.5) is 0 Å². The highest BCUT2D eigenvalue weighted by atomic mass is 16.5. The molecule has 0 aliphatic heterocycles. The maximum Gasteiger partial charge on any atom is 0.359 e. The molecule has 1 aromatic heterocycles. The van der Waals surface area contributed by atoms with E-state index in [1.54, 1.807) is 0 Å². The second kappa shape index (κ2) is 5.57. The molecule has 18 heavy (non-hydrogen) atoms. The molecule has 1 aromatic rings. The number of carboxylic acids is 1. The van der Waals surface area contributed by atoms with E-state index in [-0.39, 0.29) is 17.5 Å². The first-order chi connectivity index (χ1) is 8.68. The summed E-state index contributed by atoms with van der Waals surface area (Å²) in [5, 5.41) is 8.91. The van der Waals surface area contributed by atoms with Crippen molar-refractivity contribution < 1.29 is 19.4 Å². The maximum absolute atomic E-state index is 11.9. The van der Waals surface area contributed by atoms with Gasteiger partial charge in [-0.3, -0.25) is 0 Å². The largest absolute Gasteiger partial charge is 0.476 e. The normalized spacial score (nSPS) is 16.2. The summed E-state index contributed by atoms with van der Waals surface area (Å²) in [5.41, 5.74) is -0.589. The van der Waals surface area contributed by atoms with Gasteiger partial charge in [-0.05, 0) is 25.7 Å². The number of carbonyl (C=O) groups excluding carboxylic acids is 1. The van der Waals surface area contributed by atoms with Gasteiger partial charge in [-0.2, -0.15) is 0 Å². The van der Waals surface area contributed by atoms with Crippen LogP contribution in [0.3, 0.4) is 0 Å². The Morgan fingerprint density at radius 3 is 2.33 bits per heavy atom. The number of hydrogen-bond donors (Lipinski definition) is 1. The number of aromatic carboxylic acids is 1. The second-order valence-electron chi connectivity index (χ2n) is 4.22. The molecule has 0 radical (unpaired) electrons. The van der Waals surface area contributed by atoms with E-state index in [1.807, 2.05) is 0 Å². The van der Waals surface area contributed by atoms with Crippen LogP contribution >= 0.6 is 0 Å². The van der Waals surface area contributed by atoms with Crippen molar-refractivity contribution in [2.75, 3.05) is 0 Å².